The molecule has 9 heteroatoms. The van der Waals surface area contributed by atoms with Crippen molar-refractivity contribution in [3.05, 3.63) is 100 Å². The Hall–Kier alpha value is -3.56. The molecule has 0 saturated heterocycles. The predicted octanol–water partition coefficient (Wildman–Crippen LogP) is 6.16. The van der Waals surface area contributed by atoms with Crippen molar-refractivity contribution in [3.8, 4) is 11.5 Å². The molecule has 1 atom stereocenters. The highest BCUT2D eigenvalue weighted by atomic mass is 79.9. The summed E-state index contributed by atoms with van der Waals surface area (Å²) in [5.41, 5.74) is 8.89. The number of halogens is 1. The standard InChI is InChI=1S/C26H20BrN5O2S/c27-20-11-4-3-10-19(20)25-33-14-21(34-25)35-26-30-22-23(28)29-15-32(24(22)31-26)13-12-17-8-5-7-16-6-1-2-9-18(16)17/h1-11,14-15,25H,12-13,28H2. The second kappa shape index (κ2) is 9.24. The van der Waals surface area contributed by atoms with Gasteiger partial charge in [-0.2, -0.15) is 0 Å². The quantitative estimate of drug-likeness (QED) is 0.273. The normalized spacial score (nSPS) is 15.2. The molecule has 0 aromatic heterocycles. The summed E-state index contributed by atoms with van der Waals surface area (Å²) in [6.07, 6.45) is 3.63. The van der Waals surface area contributed by atoms with Gasteiger partial charge in [-0.05, 0) is 40.6 Å². The molecule has 7 nitrogen and oxygen atoms in total. The van der Waals surface area contributed by atoms with Gasteiger partial charge in [-0.15, -0.1) is 0 Å². The Morgan fingerprint density at radius 3 is 2.74 bits per heavy atom. The van der Waals surface area contributed by atoms with Gasteiger partial charge in [0.25, 0.3) is 6.29 Å². The number of nitrogens with two attached hydrogens (primary N) is 1. The fraction of sp³-hybridized carbons (Fsp3) is 0.115. The second-order valence-electron chi connectivity index (χ2n) is 8.04. The van der Waals surface area contributed by atoms with Crippen molar-refractivity contribution in [2.75, 3.05) is 5.73 Å². The number of aromatic nitrogens is 4. The zero-order valence-electron chi connectivity index (χ0n) is 18.5. The third-order valence-corrected chi connectivity index (χ3v) is 7.32. The molecule has 0 saturated carbocycles. The van der Waals surface area contributed by atoms with E-state index in [0.29, 0.717) is 34.1 Å². The van der Waals surface area contributed by atoms with Gasteiger partial charge in [0.2, 0.25) is 5.09 Å². The Balaban J connectivity index is 1.21. The van der Waals surface area contributed by atoms with E-state index in [1.165, 1.54) is 28.1 Å². The fourth-order valence-electron chi connectivity index (χ4n) is 4.11. The van der Waals surface area contributed by atoms with Crippen LogP contribution in [0.5, 0.6) is 0 Å². The molecule has 2 N–H and O–H groups in total. The van der Waals surface area contributed by atoms with Crippen LogP contribution in [0.4, 0.5) is 5.82 Å². The summed E-state index contributed by atoms with van der Waals surface area (Å²) in [5.74, 6) is 1.05. The van der Waals surface area contributed by atoms with Crippen molar-refractivity contribution < 1.29 is 9.47 Å². The lowest BCUT2D eigenvalue weighted by Gasteiger charge is -2.12. The van der Waals surface area contributed by atoms with Crippen molar-refractivity contribution in [1.82, 2.24) is 19.5 Å². The molecule has 6 rings (SSSR count). The number of nitrogens with zero attached hydrogens (tertiary/aromatic N) is 4. The summed E-state index contributed by atoms with van der Waals surface area (Å²) in [6, 6.07) is 22.6. The number of imidazole rings is 1. The third kappa shape index (κ3) is 4.33. The molecule has 3 aliphatic heterocycles. The van der Waals surface area contributed by atoms with E-state index in [-0.39, 0.29) is 0 Å². The first kappa shape index (κ1) is 21.9. The van der Waals surface area contributed by atoms with Gasteiger partial charge in [0, 0.05) is 16.6 Å². The Bertz CT molecular complexity index is 1530. The Morgan fingerprint density at radius 1 is 1.00 bits per heavy atom. The smallest absolute Gasteiger partial charge is 0.268 e. The van der Waals surface area contributed by atoms with E-state index in [9.17, 15) is 0 Å². The van der Waals surface area contributed by atoms with Crippen LogP contribution in [0.15, 0.2) is 94.0 Å². The van der Waals surface area contributed by atoms with E-state index >= 15 is 0 Å². The van der Waals surface area contributed by atoms with E-state index in [1.807, 2.05) is 28.8 Å². The van der Waals surface area contributed by atoms with Gasteiger partial charge in [0.05, 0.1) is 6.33 Å². The van der Waals surface area contributed by atoms with Crippen LogP contribution in [0.3, 0.4) is 0 Å². The average molecular weight is 546 g/mol. The molecule has 174 valence electrons. The lowest BCUT2D eigenvalue weighted by atomic mass is 10.0. The topological polar surface area (TPSA) is 88.1 Å². The molecule has 35 heavy (non-hydrogen) atoms. The summed E-state index contributed by atoms with van der Waals surface area (Å²) in [6.45, 7) is 0.701. The molecule has 0 amide bonds. The van der Waals surface area contributed by atoms with E-state index in [2.05, 4.69) is 68.4 Å². The maximum atomic E-state index is 6.13. The molecule has 0 bridgehead atoms. The molecule has 0 radical (unpaired) electrons. The molecule has 0 spiro atoms. The lowest BCUT2D eigenvalue weighted by Crippen LogP contribution is -2.10. The minimum Gasteiger partial charge on any atom is -0.454 e. The van der Waals surface area contributed by atoms with Crippen molar-refractivity contribution in [2.24, 2.45) is 0 Å². The number of benzene rings is 3. The molecule has 1 unspecified atom stereocenters. The number of hydrogen-bond acceptors (Lipinski definition) is 7. The van der Waals surface area contributed by atoms with Crippen LogP contribution in [-0.2, 0) is 22.4 Å². The minimum atomic E-state index is -0.519. The SMILES string of the molecule is Nc1ncn(CCc2cccc3ccccc23)c2nc(SC3=COC(c4ccccc4Br)O3)nc1-2. The average Bonchev–Trinajstić information content (AvgIpc) is 3.52. The Labute approximate surface area is 214 Å². The van der Waals surface area contributed by atoms with E-state index in [0.717, 1.165) is 16.5 Å². The number of nitrogen functional groups attached to an aromatic ring is 1. The highest BCUT2D eigenvalue weighted by Crippen LogP contribution is 2.40. The van der Waals surface area contributed by atoms with Crippen molar-refractivity contribution >= 4 is 44.3 Å². The molecule has 3 aromatic rings. The van der Waals surface area contributed by atoms with Crippen LogP contribution in [0, 0.1) is 0 Å². The predicted molar refractivity (Wildman–Crippen MR) is 139 cm³/mol. The Kier molecular flexibility index (Phi) is 5.79. The van der Waals surface area contributed by atoms with Crippen LogP contribution < -0.4 is 5.73 Å². The van der Waals surface area contributed by atoms with Gasteiger partial charge >= 0.3 is 0 Å². The molecule has 3 aromatic carbocycles. The zero-order valence-corrected chi connectivity index (χ0v) is 20.9. The summed E-state index contributed by atoms with van der Waals surface area (Å²) in [5, 5.41) is 3.59. The van der Waals surface area contributed by atoms with Gasteiger partial charge < -0.3 is 19.8 Å². The van der Waals surface area contributed by atoms with Gasteiger partial charge in [0.1, 0.15) is 6.26 Å². The maximum absolute atomic E-state index is 6.13. The second-order valence-corrected chi connectivity index (χ2v) is 9.86. The van der Waals surface area contributed by atoms with Gasteiger partial charge in [-0.3, -0.25) is 0 Å². The maximum Gasteiger partial charge on any atom is 0.268 e. The van der Waals surface area contributed by atoms with E-state index in [4.69, 9.17) is 20.2 Å². The minimum absolute atomic E-state index is 0.351. The van der Waals surface area contributed by atoms with Crippen LogP contribution in [-0.4, -0.2) is 19.5 Å². The summed E-state index contributed by atoms with van der Waals surface area (Å²) in [7, 11) is 0. The number of fused-ring (bicyclic) bond motifs is 2. The molecule has 3 aliphatic rings. The highest BCUT2D eigenvalue weighted by molar-refractivity contribution is 9.10. The summed E-state index contributed by atoms with van der Waals surface area (Å²) < 4.78 is 14.6. The highest BCUT2D eigenvalue weighted by Gasteiger charge is 2.27. The number of anilines is 1. The zero-order chi connectivity index (χ0) is 23.8. The number of ether oxygens (including phenoxy) is 2. The van der Waals surface area contributed by atoms with Gasteiger partial charge in [-0.1, -0.05) is 76.6 Å². The van der Waals surface area contributed by atoms with Crippen LogP contribution >= 0.6 is 27.7 Å². The molecule has 3 heterocycles. The van der Waals surface area contributed by atoms with E-state index in [1.54, 1.807) is 12.6 Å². The first-order valence-corrected chi connectivity index (χ1v) is 12.7. The molecule has 0 fully saturated rings. The number of hydrogen-bond donors (Lipinski definition) is 1. The molecule has 0 aliphatic carbocycles. The Morgan fingerprint density at radius 2 is 1.83 bits per heavy atom. The number of thioether (sulfide) groups is 1. The van der Waals surface area contributed by atoms with Crippen molar-refractivity contribution in [2.45, 2.75) is 24.4 Å². The van der Waals surface area contributed by atoms with Crippen LogP contribution in [0.25, 0.3) is 22.3 Å². The van der Waals surface area contributed by atoms with Crippen LogP contribution in [0.2, 0.25) is 0 Å². The summed E-state index contributed by atoms with van der Waals surface area (Å²) in [4.78, 5) is 13.7. The molecular weight excluding hydrogens is 526 g/mol. The first-order valence-electron chi connectivity index (χ1n) is 11.1. The van der Waals surface area contributed by atoms with Crippen LogP contribution in [0.1, 0.15) is 17.4 Å². The van der Waals surface area contributed by atoms with Gasteiger partial charge in [0.15, 0.2) is 22.5 Å². The molecular formula is C26H20BrN5O2S. The fourth-order valence-corrected chi connectivity index (χ4v) is 5.27. The van der Waals surface area contributed by atoms with Crippen molar-refractivity contribution in [1.29, 1.82) is 0 Å². The summed E-state index contributed by atoms with van der Waals surface area (Å²) >= 11 is 4.83. The lowest BCUT2D eigenvalue weighted by molar-refractivity contribution is -0.0278. The monoisotopic (exact) mass is 545 g/mol. The largest absolute Gasteiger partial charge is 0.454 e. The number of rotatable bonds is 6. The first-order chi connectivity index (χ1) is 17.2. The van der Waals surface area contributed by atoms with E-state index < -0.39 is 6.29 Å². The third-order valence-electron chi connectivity index (χ3n) is 5.84. The van der Waals surface area contributed by atoms with Crippen molar-refractivity contribution in [3.63, 3.8) is 0 Å². The van der Waals surface area contributed by atoms with Gasteiger partial charge in [-0.25, -0.2) is 15.0 Å². The number of aryl methyl sites for hydroxylation is 2.